The first-order chi connectivity index (χ1) is 12.5. The maximum absolute atomic E-state index is 6.23. The summed E-state index contributed by atoms with van der Waals surface area (Å²) >= 11 is 23.5. The van der Waals surface area contributed by atoms with Crippen molar-refractivity contribution in [3.05, 3.63) is 51.4 Å². The Morgan fingerprint density at radius 3 is 2.62 bits per heavy atom. The number of rotatable bonds is 4. The van der Waals surface area contributed by atoms with E-state index in [0.717, 1.165) is 24.4 Å². The zero-order valence-corrected chi connectivity index (χ0v) is 17.2. The zero-order chi connectivity index (χ0) is 18.6. The standard InChI is InChI=1S/C18H19Cl3N4S/c19-13-6-4-5-12(9-13)18(7-2-1-3-8-18)11-23-17(26)25-16-15(21)24-14(20)10-22-16/h4-6,9-10H,1-3,7-8,11H2,(H2,22,23,25,26). The average Bonchev–Trinajstić information content (AvgIpc) is 2.63. The van der Waals surface area contributed by atoms with Crippen molar-refractivity contribution in [2.45, 2.75) is 37.5 Å². The van der Waals surface area contributed by atoms with Crippen LogP contribution in [0.15, 0.2) is 30.5 Å². The second kappa shape index (κ2) is 8.70. The van der Waals surface area contributed by atoms with Crippen molar-refractivity contribution >= 4 is 58.0 Å². The fraction of sp³-hybridized carbons (Fsp3) is 0.389. The molecule has 2 N–H and O–H groups in total. The Morgan fingerprint density at radius 2 is 1.92 bits per heavy atom. The van der Waals surface area contributed by atoms with Crippen LogP contribution < -0.4 is 10.6 Å². The number of nitrogens with one attached hydrogen (secondary N) is 2. The second-order valence-corrected chi connectivity index (χ2v) is 8.08. The molecule has 1 aliphatic rings. The summed E-state index contributed by atoms with van der Waals surface area (Å²) in [6, 6.07) is 8.12. The normalized spacial score (nSPS) is 16.1. The van der Waals surface area contributed by atoms with Crippen molar-refractivity contribution in [2.75, 3.05) is 11.9 Å². The molecule has 0 unspecified atom stereocenters. The summed E-state index contributed by atoms with van der Waals surface area (Å²) < 4.78 is 0. The highest BCUT2D eigenvalue weighted by Gasteiger charge is 2.34. The first-order valence-corrected chi connectivity index (χ1v) is 10.0. The van der Waals surface area contributed by atoms with Crippen LogP contribution in [0.3, 0.4) is 0 Å². The lowest BCUT2D eigenvalue weighted by Crippen LogP contribution is -2.43. The molecule has 1 heterocycles. The van der Waals surface area contributed by atoms with E-state index < -0.39 is 0 Å². The van der Waals surface area contributed by atoms with E-state index in [4.69, 9.17) is 47.0 Å². The summed E-state index contributed by atoms with van der Waals surface area (Å²) in [5.41, 5.74) is 1.27. The Hall–Kier alpha value is -1.14. The van der Waals surface area contributed by atoms with Crippen LogP contribution in [0.5, 0.6) is 0 Å². The molecule has 0 bridgehead atoms. The average molecular weight is 430 g/mol. The molecule has 0 atom stereocenters. The van der Waals surface area contributed by atoms with Gasteiger partial charge in [0.1, 0.15) is 5.15 Å². The van der Waals surface area contributed by atoms with E-state index in [1.165, 1.54) is 31.0 Å². The molecule has 0 spiro atoms. The predicted molar refractivity (Wildman–Crippen MR) is 112 cm³/mol. The summed E-state index contributed by atoms with van der Waals surface area (Å²) in [6.45, 7) is 0.720. The number of anilines is 1. The first-order valence-electron chi connectivity index (χ1n) is 8.47. The van der Waals surface area contributed by atoms with Crippen molar-refractivity contribution in [1.29, 1.82) is 0 Å². The Morgan fingerprint density at radius 1 is 1.15 bits per heavy atom. The Balaban J connectivity index is 1.70. The molecule has 138 valence electrons. The molecule has 1 aliphatic carbocycles. The number of halogens is 3. The molecule has 0 aliphatic heterocycles. The van der Waals surface area contributed by atoms with Gasteiger partial charge in [-0.15, -0.1) is 0 Å². The minimum Gasteiger partial charge on any atom is -0.362 e. The SMILES string of the molecule is S=C(NCC1(c2cccc(Cl)c2)CCCCC1)Nc1ncc(Cl)nc1Cl. The van der Waals surface area contributed by atoms with Gasteiger partial charge in [-0.2, -0.15) is 0 Å². The predicted octanol–water partition coefficient (Wildman–Crippen LogP) is 5.63. The first kappa shape index (κ1) is 19.6. The van der Waals surface area contributed by atoms with Gasteiger partial charge >= 0.3 is 0 Å². The Labute approximate surface area is 173 Å². The zero-order valence-electron chi connectivity index (χ0n) is 14.1. The lowest BCUT2D eigenvalue weighted by atomic mass is 9.69. The molecular weight excluding hydrogens is 411 g/mol. The molecule has 8 heteroatoms. The summed E-state index contributed by atoms with van der Waals surface area (Å²) in [7, 11) is 0. The van der Waals surface area contributed by atoms with E-state index in [0.29, 0.717) is 10.9 Å². The molecule has 0 saturated heterocycles. The van der Waals surface area contributed by atoms with Crippen LogP contribution in [-0.4, -0.2) is 21.6 Å². The molecule has 1 aromatic carbocycles. The molecule has 1 saturated carbocycles. The summed E-state index contributed by atoms with van der Waals surface area (Å²) in [4.78, 5) is 8.07. The van der Waals surface area contributed by atoms with Crippen LogP contribution in [0.2, 0.25) is 15.3 Å². The summed E-state index contributed by atoms with van der Waals surface area (Å²) in [5.74, 6) is 0.383. The Bertz CT molecular complexity index is 794. The lowest BCUT2D eigenvalue weighted by Gasteiger charge is -2.38. The van der Waals surface area contributed by atoms with Crippen LogP contribution in [0, 0.1) is 0 Å². The minimum atomic E-state index is 0.0182. The quantitative estimate of drug-likeness (QED) is 0.617. The van der Waals surface area contributed by atoms with E-state index in [1.54, 1.807) is 0 Å². The van der Waals surface area contributed by atoms with Crippen molar-refractivity contribution in [2.24, 2.45) is 0 Å². The van der Waals surface area contributed by atoms with Gasteiger partial charge in [-0.05, 0) is 42.8 Å². The van der Waals surface area contributed by atoms with E-state index >= 15 is 0 Å². The molecule has 3 rings (SSSR count). The van der Waals surface area contributed by atoms with Crippen LogP contribution in [0.25, 0.3) is 0 Å². The maximum atomic E-state index is 6.23. The molecule has 26 heavy (non-hydrogen) atoms. The van der Waals surface area contributed by atoms with Crippen LogP contribution in [-0.2, 0) is 5.41 Å². The van der Waals surface area contributed by atoms with Crippen LogP contribution >= 0.6 is 47.0 Å². The number of aromatic nitrogens is 2. The molecule has 0 amide bonds. The van der Waals surface area contributed by atoms with Gasteiger partial charge in [0, 0.05) is 17.0 Å². The fourth-order valence-electron chi connectivity index (χ4n) is 3.45. The third-order valence-electron chi connectivity index (χ3n) is 4.77. The van der Waals surface area contributed by atoms with Crippen molar-refractivity contribution in [3.8, 4) is 0 Å². The number of nitrogens with zero attached hydrogens (tertiary/aromatic N) is 2. The summed E-state index contributed by atoms with van der Waals surface area (Å²) in [5, 5.41) is 7.94. The highest BCUT2D eigenvalue weighted by Crippen LogP contribution is 2.39. The van der Waals surface area contributed by atoms with Gasteiger partial charge in [-0.25, -0.2) is 9.97 Å². The van der Waals surface area contributed by atoms with Crippen LogP contribution in [0.4, 0.5) is 5.82 Å². The molecule has 4 nitrogen and oxygen atoms in total. The number of benzene rings is 1. The van der Waals surface area contributed by atoms with Gasteiger partial charge in [0.25, 0.3) is 0 Å². The van der Waals surface area contributed by atoms with Crippen LogP contribution in [0.1, 0.15) is 37.7 Å². The van der Waals surface area contributed by atoms with Gasteiger partial charge in [0.2, 0.25) is 0 Å². The second-order valence-electron chi connectivity index (χ2n) is 6.49. The van der Waals surface area contributed by atoms with E-state index in [-0.39, 0.29) is 15.7 Å². The van der Waals surface area contributed by atoms with Gasteiger partial charge in [-0.1, -0.05) is 66.2 Å². The van der Waals surface area contributed by atoms with E-state index in [2.05, 4.69) is 32.7 Å². The third-order valence-corrected chi connectivity index (χ3v) is 5.69. The molecule has 0 radical (unpaired) electrons. The monoisotopic (exact) mass is 428 g/mol. The van der Waals surface area contributed by atoms with Crippen molar-refractivity contribution in [1.82, 2.24) is 15.3 Å². The van der Waals surface area contributed by atoms with Gasteiger partial charge in [-0.3, -0.25) is 0 Å². The highest BCUT2D eigenvalue weighted by molar-refractivity contribution is 7.80. The highest BCUT2D eigenvalue weighted by atomic mass is 35.5. The van der Waals surface area contributed by atoms with Crippen molar-refractivity contribution < 1.29 is 0 Å². The van der Waals surface area contributed by atoms with Gasteiger partial charge < -0.3 is 10.6 Å². The molecule has 1 fully saturated rings. The number of hydrogen-bond acceptors (Lipinski definition) is 3. The van der Waals surface area contributed by atoms with Gasteiger partial charge in [0.15, 0.2) is 16.1 Å². The van der Waals surface area contributed by atoms with E-state index in [1.807, 2.05) is 12.1 Å². The largest absolute Gasteiger partial charge is 0.362 e. The van der Waals surface area contributed by atoms with Crippen molar-refractivity contribution in [3.63, 3.8) is 0 Å². The molecule has 1 aromatic heterocycles. The lowest BCUT2D eigenvalue weighted by molar-refractivity contribution is 0.292. The van der Waals surface area contributed by atoms with E-state index in [9.17, 15) is 0 Å². The minimum absolute atomic E-state index is 0.0182. The smallest absolute Gasteiger partial charge is 0.173 e. The maximum Gasteiger partial charge on any atom is 0.173 e. The Kier molecular flexibility index (Phi) is 6.56. The topological polar surface area (TPSA) is 49.8 Å². The third kappa shape index (κ3) is 4.77. The summed E-state index contributed by atoms with van der Waals surface area (Å²) in [6.07, 6.45) is 7.29. The molecular formula is C18H19Cl3N4S. The number of thiocarbonyl (C=S) groups is 1. The number of hydrogen-bond donors (Lipinski definition) is 2. The fourth-order valence-corrected chi connectivity index (χ4v) is 4.17. The molecule has 2 aromatic rings. The van der Waals surface area contributed by atoms with Gasteiger partial charge in [0.05, 0.1) is 6.20 Å².